The molecule has 1 rings (SSSR count). The van der Waals surface area contributed by atoms with Crippen LogP contribution in [0.4, 0.5) is 4.39 Å². The molecule has 0 saturated heterocycles. The lowest BCUT2D eigenvalue weighted by atomic mass is 10.2. The molecule has 0 saturated carbocycles. The Labute approximate surface area is 97.0 Å². The fraction of sp³-hybridized carbons (Fsp3) is 0.182. The number of hydrogen-bond acceptors (Lipinski definition) is 2. The molecule has 0 unspecified atom stereocenters. The van der Waals surface area contributed by atoms with Crippen LogP contribution in [0.2, 0.25) is 5.02 Å². The van der Waals surface area contributed by atoms with Crippen LogP contribution in [0.25, 0.3) is 0 Å². The number of hydrogen-bond donors (Lipinski definition) is 0. The topological polar surface area (TPSA) is 17.1 Å². The van der Waals surface area contributed by atoms with E-state index in [9.17, 15) is 9.18 Å². The van der Waals surface area contributed by atoms with E-state index in [2.05, 4.69) is 11.8 Å². The standard InChI is InChI=1S/C11H8ClFOS/c1-8(14)15-7-3-5-9-4-2-6-10(13)11(9)12/h2,4,6H,7H2,1H3. The third kappa shape index (κ3) is 3.94. The first-order valence-corrected chi connectivity index (χ1v) is 5.54. The van der Waals surface area contributed by atoms with Crippen molar-refractivity contribution >= 4 is 28.5 Å². The molecule has 0 amide bonds. The summed E-state index contributed by atoms with van der Waals surface area (Å²) >= 11 is 6.79. The molecule has 1 nitrogen and oxygen atoms in total. The molecule has 0 aliphatic heterocycles. The second-order valence-electron chi connectivity index (χ2n) is 2.68. The van der Waals surface area contributed by atoms with Crippen LogP contribution in [0.5, 0.6) is 0 Å². The van der Waals surface area contributed by atoms with Crippen LogP contribution in [0.15, 0.2) is 18.2 Å². The van der Waals surface area contributed by atoms with Crippen molar-refractivity contribution in [2.45, 2.75) is 6.92 Å². The zero-order valence-corrected chi connectivity index (χ0v) is 9.58. The smallest absolute Gasteiger partial charge is 0.186 e. The maximum atomic E-state index is 13.0. The van der Waals surface area contributed by atoms with Gasteiger partial charge in [-0.2, -0.15) is 0 Å². The van der Waals surface area contributed by atoms with Gasteiger partial charge in [0.1, 0.15) is 5.82 Å². The molecule has 0 aliphatic carbocycles. The Hall–Kier alpha value is -0.980. The second kappa shape index (κ2) is 5.79. The maximum absolute atomic E-state index is 13.0. The van der Waals surface area contributed by atoms with Gasteiger partial charge < -0.3 is 0 Å². The van der Waals surface area contributed by atoms with Crippen LogP contribution in [0.1, 0.15) is 12.5 Å². The van der Waals surface area contributed by atoms with Crippen LogP contribution in [0.3, 0.4) is 0 Å². The Kier molecular flexibility index (Phi) is 4.67. The van der Waals surface area contributed by atoms with E-state index in [-0.39, 0.29) is 10.1 Å². The molecule has 0 N–H and O–H groups in total. The Morgan fingerprint density at radius 1 is 1.60 bits per heavy atom. The molecule has 0 aromatic heterocycles. The monoisotopic (exact) mass is 242 g/mol. The van der Waals surface area contributed by atoms with Gasteiger partial charge >= 0.3 is 0 Å². The molecule has 1 aromatic carbocycles. The summed E-state index contributed by atoms with van der Waals surface area (Å²) in [6, 6.07) is 4.46. The average molecular weight is 243 g/mol. The third-order valence-electron chi connectivity index (χ3n) is 1.52. The van der Waals surface area contributed by atoms with Crippen molar-refractivity contribution in [2.75, 3.05) is 5.75 Å². The minimum absolute atomic E-state index is 0.00893. The number of benzene rings is 1. The van der Waals surface area contributed by atoms with Crippen molar-refractivity contribution < 1.29 is 9.18 Å². The summed E-state index contributed by atoms with van der Waals surface area (Å²) in [4.78, 5) is 10.6. The van der Waals surface area contributed by atoms with E-state index in [1.54, 1.807) is 12.1 Å². The summed E-state index contributed by atoms with van der Waals surface area (Å²) in [5.74, 6) is 5.36. The fourth-order valence-electron chi connectivity index (χ4n) is 0.869. The lowest BCUT2D eigenvalue weighted by molar-refractivity contribution is -0.109. The highest BCUT2D eigenvalue weighted by atomic mass is 35.5. The molecule has 0 radical (unpaired) electrons. The minimum Gasteiger partial charge on any atom is -0.288 e. The summed E-state index contributed by atoms with van der Waals surface area (Å²) in [5.41, 5.74) is 0.445. The van der Waals surface area contributed by atoms with E-state index in [0.29, 0.717) is 11.3 Å². The van der Waals surface area contributed by atoms with Gasteiger partial charge in [-0.25, -0.2) is 4.39 Å². The van der Waals surface area contributed by atoms with Gasteiger partial charge in [0, 0.05) is 12.5 Å². The van der Waals surface area contributed by atoms with Crippen molar-refractivity contribution in [3.8, 4) is 11.8 Å². The third-order valence-corrected chi connectivity index (χ3v) is 2.60. The van der Waals surface area contributed by atoms with E-state index in [1.807, 2.05) is 0 Å². The Balaban J connectivity index is 2.72. The van der Waals surface area contributed by atoms with Crippen LogP contribution in [0, 0.1) is 17.7 Å². The molecule has 0 fully saturated rings. The summed E-state index contributed by atoms with van der Waals surface area (Å²) in [6.07, 6.45) is 0. The molecule has 0 bridgehead atoms. The summed E-state index contributed by atoms with van der Waals surface area (Å²) < 4.78 is 13.0. The largest absolute Gasteiger partial charge is 0.288 e. The van der Waals surface area contributed by atoms with E-state index < -0.39 is 5.82 Å². The van der Waals surface area contributed by atoms with Gasteiger partial charge in [-0.15, -0.1) is 0 Å². The first-order valence-electron chi connectivity index (χ1n) is 4.17. The van der Waals surface area contributed by atoms with Gasteiger partial charge in [-0.1, -0.05) is 41.3 Å². The lowest BCUT2D eigenvalue weighted by Gasteiger charge is -1.95. The average Bonchev–Trinajstić information content (AvgIpc) is 2.18. The second-order valence-corrected chi connectivity index (χ2v) is 4.21. The van der Waals surface area contributed by atoms with E-state index in [4.69, 9.17) is 11.6 Å². The predicted octanol–water partition coefficient (Wildman–Crippen LogP) is 3.11. The molecule has 0 spiro atoms. The van der Waals surface area contributed by atoms with E-state index >= 15 is 0 Å². The van der Waals surface area contributed by atoms with Crippen molar-refractivity contribution in [1.82, 2.24) is 0 Å². The van der Waals surface area contributed by atoms with Crippen molar-refractivity contribution in [3.05, 3.63) is 34.6 Å². The highest BCUT2D eigenvalue weighted by Crippen LogP contribution is 2.18. The molecule has 78 valence electrons. The highest BCUT2D eigenvalue weighted by molar-refractivity contribution is 8.13. The van der Waals surface area contributed by atoms with Crippen LogP contribution >= 0.6 is 23.4 Å². The van der Waals surface area contributed by atoms with Crippen molar-refractivity contribution in [3.63, 3.8) is 0 Å². The van der Waals surface area contributed by atoms with Gasteiger partial charge in [-0.05, 0) is 12.1 Å². The lowest BCUT2D eigenvalue weighted by Crippen LogP contribution is -1.84. The van der Waals surface area contributed by atoms with E-state index in [1.165, 1.54) is 13.0 Å². The Bertz CT molecular complexity index is 434. The zero-order chi connectivity index (χ0) is 11.3. The number of thioether (sulfide) groups is 1. The highest BCUT2D eigenvalue weighted by Gasteiger charge is 2.01. The van der Waals surface area contributed by atoms with Gasteiger partial charge in [0.25, 0.3) is 0 Å². The van der Waals surface area contributed by atoms with Gasteiger partial charge in [0.15, 0.2) is 5.12 Å². The summed E-state index contributed by atoms with van der Waals surface area (Å²) in [7, 11) is 0. The maximum Gasteiger partial charge on any atom is 0.186 e. The van der Waals surface area contributed by atoms with Gasteiger partial charge in [-0.3, -0.25) is 4.79 Å². The molecule has 15 heavy (non-hydrogen) atoms. The molecule has 1 aromatic rings. The number of rotatable bonds is 1. The molecular formula is C11H8ClFOS. The van der Waals surface area contributed by atoms with Crippen LogP contribution in [-0.4, -0.2) is 10.9 Å². The Morgan fingerprint density at radius 2 is 2.33 bits per heavy atom. The normalized spacial score (nSPS) is 9.27. The molecule has 0 atom stereocenters. The zero-order valence-electron chi connectivity index (χ0n) is 8.01. The number of carbonyl (C=O) groups is 1. The van der Waals surface area contributed by atoms with E-state index in [0.717, 1.165) is 11.8 Å². The van der Waals surface area contributed by atoms with Gasteiger partial charge in [0.2, 0.25) is 0 Å². The first-order chi connectivity index (χ1) is 7.11. The quantitative estimate of drug-likeness (QED) is 0.704. The van der Waals surface area contributed by atoms with Gasteiger partial charge in [0.05, 0.1) is 10.8 Å². The SMILES string of the molecule is CC(=O)SCC#Cc1cccc(F)c1Cl. The predicted molar refractivity (Wildman–Crippen MR) is 61.4 cm³/mol. The molecule has 0 heterocycles. The molecule has 0 aliphatic rings. The molecule has 4 heteroatoms. The molecular weight excluding hydrogens is 235 g/mol. The summed E-state index contributed by atoms with van der Waals surface area (Å²) in [5, 5.41) is 0.0347. The van der Waals surface area contributed by atoms with Crippen molar-refractivity contribution in [2.24, 2.45) is 0 Å². The van der Waals surface area contributed by atoms with Crippen molar-refractivity contribution in [1.29, 1.82) is 0 Å². The van der Waals surface area contributed by atoms with Crippen LogP contribution < -0.4 is 0 Å². The number of halogens is 2. The Morgan fingerprint density at radius 3 is 3.00 bits per heavy atom. The minimum atomic E-state index is -0.484. The number of carbonyl (C=O) groups excluding carboxylic acids is 1. The van der Waals surface area contributed by atoms with Crippen LogP contribution in [-0.2, 0) is 4.79 Å². The summed E-state index contributed by atoms with van der Waals surface area (Å²) in [6.45, 7) is 1.47. The fourth-order valence-corrected chi connectivity index (χ4v) is 1.39. The first kappa shape index (κ1) is 12.1.